The average Bonchev–Trinajstić information content (AvgIpc) is 2.85. The number of rotatable bonds is 3. The minimum atomic E-state index is -0.469. The number of hydrogen-bond acceptors (Lipinski definition) is 4. The molecule has 0 radical (unpaired) electrons. The molecule has 0 aromatic rings. The molecule has 5 aliphatic carbocycles. The number of ketones is 1. The van der Waals surface area contributed by atoms with Gasteiger partial charge in [-0.2, -0.15) is 0 Å². The van der Waals surface area contributed by atoms with Crippen LogP contribution in [0.4, 0.5) is 0 Å². The summed E-state index contributed by atoms with van der Waals surface area (Å²) in [5.74, 6) is 1.21. The van der Waals surface area contributed by atoms with E-state index in [9.17, 15) is 9.59 Å². The molecule has 0 aromatic heterocycles. The topological polar surface area (TPSA) is 72.6 Å². The van der Waals surface area contributed by atoms with Gasteiger partial charge >= 0.3 is 0 Å². The van der Waals surface area contributed by atoms with E-state index in [-0.39, 0.29) is 50.9 Å². The summed E-state index contributed by atoms with van der Waals surface area (Å²) < 4.78 is 0. The van der Waals surface area contributed by atoms with Gasteiger partial charge in [-0.05, 0) is 110 Å². The molecule has 0 spiro atoms. The van der Waals surface area contributed by atoms with Gasteiger partial charge in [0.25, 0.3) is 5.91 Å². The Morgan fingerprint density at radius 1 is 1.00 bits per heavy atom. The molecule has 38 heavy (non-hydrogen) atoms. The summed E-state index contributed by atoms with van der Waals surface area (Å²) in [6, 6.07) is 0.202. The lowest BCUT2D eigenvalue weighted by molar-refractivity contribution is -0.195. The summed E-state index contributed by atoms with van der Waals surface area (Å²) in [5.41, 5.74) is 7.65. The standard InChI is InChI=1S/C33H54N2O3/c1-10-35(38-9)27(37)30(5)16-15-29(4)17-18-32(7)21(22(29)20-30)19-23(36)26-31(6)13-12-25(34)28(2,3)24(31)11-14-33(26,32)8/h19,22,24-26H,10-18,20,34H2,1-9H3/t22-,24?,25-,26+,29+,30-,31-,32+,33+/m0/s1. The first kappa shape index (κ1) is 28.3. The Bertz CT molecular complexity index is 1050. The van der Waals surface area contributed by atoms with Crippen molar-refractivity contribution < 1.29 is 14.4 Å². The highest BCUT2D eigenvalue weighted by Gasteiger charge is 2.70. The van der Waals surface area contributed by atoms with Crippen molar-refractivity contribution in [1.82, 2.24) is 5.06 Å². The van der Waals surface area contributed by atoms with E-state index in [2.05, 4.69) is 54.5 Å². The Labute approximate surface area is 231 Å². The first-order valence-electron chi connectivity index (χ1n) is 15.4. The fraction of sp³-hybridized carbons (Fsp3) is 0.879. The molecule has 0 bridgehead atoms. The van der Waals surface area contributed by atoms with Gasteiger partial charge in [0.15, 0.2) is 5.78 Å². The third-order valence-corrected chi connectivity index (χ3v) is 13.9. The Morgan fingerprint density at radius 3 is 2.29 bits per heavy atom. The predicted octanol–water partition coefficient (Wildman–Crippen LogP) is 6.70. The maximum atomic E-state index is 14.5. The normalized spacial score (nSPS) is 49.6. The zero-order chi connectivity index (χ0) is 28.1. The molecule has 9 atom stereocenters. The van der Waals surface area contributed by atoms with E-state index in [0.29, 0.717) is 18.2 Å². The predicted molar refractivity (Wildman–Crippen MR) is 152 cm³/mol. The molecule has 2 N–H and O–H groups in total. The monoisotopic (exact) mass is 526 g/mol. The number of carbonyl (C=O) groups excluding carboxylic acids is 2. The Hall–Kier alpha value is -1.20. The number of fused-ring (bicyclic) bond motifs is 7. The van der Waals surface area contributed by atoms with Crippen LogP contribution in [0.3, 0.4) is 0 Å². The molecule has 5 heteroatoms. The first-order valence-corrected chi connectivity index (χ1v) is 15.4. The molecule has 0 saturated heterocycles. The van der Waals surface area contributed by atoms with Gasteiger partial charge in [-0.1, -0.05) is 54.0 Å². The Kier molecular flexibility index (Phi) is 6.45. The number of nitrogens with zero attached hydrogens (tertiary/aromatic N) is 1. The fourth-order valence-electron chi connectivity index (χ4n) is 11.1. The van der Waals surface area contributed by atoms with Gasteiger partial charge in [0.05, 0.1) is 7.11 Å². The molecule has 5 aliphatic rings. The van der Waals surface area contributed by atoms with E-state index < -0.39 is 5.41 Å². The lowest BCUT2D eigenvalue weighted by Crippen LogP contribution is -2.67. The van der Waals surface area contributed by atoms with Crippen LogP contribution in [0.5, 0.6) is 0 Å². The summed E-state index contributed by atoms with van der Waals surface area (Å²) >= 11 is 0. The Balaban J connectivity index is 1.58. The van der Waals surface area contributed by atoms with Crippen molar-refractivity contribution in [3.8, 4) is 0 Å². The van der Waals surface area contributed by atoms with Crippen molar-refractivity contribution in [2.24, 2.45) is 56.0 Å². The van der Waals surface area contributed by atoms with Gasteiger partial charge in [0, 0.05) is 23.9 Å². The van der Waals surface area contributed by atoms with Gasteiger partial charge in [-0.25, -0.2) is 5.06 Å². The Morgan fingerprint density at radius 2 is 1.66 bits per heavy atom. The summed E-state index contributed by atoms with van der Waals surface area (Å²) in [6.45, 7) is 19.2. The van der Waals surface area contributed by atoms with Crippen LogP contribution in [0.15, 0.2) is 11.6 Å². The zero-order valence-electron chi connectivity index (χ0n) is 25.7. The smallest absolute Gasteiger partial charge is 0.252 e. The van der Waals surface area contributed by atoms with Crippen LogP contribution in [0.25, 0.3) is 0 Å². The second-order valence-electron chi connectivity index (χ2n) is 15.9. The zero-order valence-corrected chi connectivity index (χ0v) is 25.7. The van der Waals surface area contributed by atoms with Crippen molar-refractivity contribution in [1.29, 1.82) is 0 Å². The van der Waals surface area contributed by atoms with Crippen LogP contribution in [-0.4, -0.2) is 36.5 Å². The highest BCUT2D eigenvalue weighted by atomic mass is 16.7. The summed E-state index contributed by atoms with van der Waals surface area (Å²) in [6.07, 6.45) is 11.4. The third kappa shape index (κ3) is 3.49. The SMILES string of the molecule is CCN(OC)C(=O)[C@@]1(C)CC[C@]2(C)CC[C@]3(C)C(=CC(=O)[C@@H]4[C@@]5(C)CC[C@H](N)C(C)(C)C5CC[C@]43C)[C@@H]2C1. The summed E-state index contributed by atoms with van der Waals surface area (Å²) in [4.78, 5) is 33.6. The summed E-state index contributed by atoms with van der Waals surface area (Å²) in [5, 5.41) is 1.53. The molecule has 5 rings (SSSR count). The van der Waals surface area contributed by atoms with Gasteiger partial charge < -0.3 is 5.73 Å². The number of allylic oxidation sites excluding steroid dienone is 2. The largest absolute Gasteiger partial charge is 0.327 e. The number of hydroxylamine groups is 2. The van der Waals surface area contributed by atoms with Gasteiger partial charge in [0.2, 0.25) is 0 Å². The molecule has 0 aromatic carbocycles. The van der Waals surface area contributed by atoms with Crippen LogP contribution in [0.1, 0.15) is 113 Å². The number of nitrogens with two attached hydrogens (primary N) is 1. The maximum Gasteiger partial charge on any atom is 0.252 e. The molecule has 4 saturated carbocycles. The van der Waals surface area contributed by atoms with E-state index in [4.69, 9.17) is 10.6 Å². The molecule has 5 nitrogen and oxygen atoms in total. The molecule has 214 valence electrons. The second kappa shape index (κ2) is 8.65. The lowest BCUT2D eigenvalue weighted by atomic mass is 9.33. The molecule has 1 amide bonds. The minimum Gasteiger partial charge on any atom is -0.327 e. The van der Waals surface area contributed by atoms with Crippen LogP contribution in [-0.2, 0) is 14.4 Å². The first-order chi connectivity index (χ1) is 17.5. The molecular formula is C33H54N2O3. The van der Waals surface area contributed by atoms with Crippen molar-refractivity contribution in [2.45, 2.75) is 119 Å². The van der Waals surface area contributed by atoms with Crippen molar-refractivity contribution in [2.75, 3.05) is 13.7 Å². The van der Waals surface area contributed by atoms with Crippen LogP contribution >= 0.6 is 0 Å². The highest BCUT2D eigenvalue weighted by molar-refractivity contribution is 5.95. The maximum absolute atomic E-state index is 14.5. The van der Waals surface area contributed by atoms with Gasteiger partial charge in [-0.15, -0.1) is 0 Å². The second-order valence-corrected chi connectivity index (χ2v) is 15.9. The van der Waals surface area contributed by atoms with E-state index in [1.54, 1.807) is 7.11 Å². The number of amides is 1. The highest BCUT2D eigenvalue weighted by Crippen LogP contribution is 2.75. The van der Waals surface area contributed by atoms with Crippen LogP contribution in [0, 0.1) is 50.2 Å². The van der Waals surface area contributed by atoms with Crippen LogP contribution in [0.2, 0.25) is 0 Å². The van der Waals surface area contributed by atoms with E-state index in [1.807, 2.05) is 6.92 Å². The van der Waals surface area contributed by atoms with Gasteiger partial charge in [0.1, 0.15) is 0 Å². The lowest BCUT2D eigenvalue weighted by Gasteiger charge is -2.70. The molecule has 4 fully saturated rings. The van der Waals surface area contributed by atoms with E-state index in [1.165, 1.54) is 17.1 Å². The number of hydrogen-bond donors (Lipinski definition) is 1. The van der Waals surface area contributed by atoms with Gasteiger partial charge in [-0.3, -0.25) is 14.4 Å². The quantitative estimate of drug-likeness (QED) is 0.415. The number of carbonyl (C=O) groups is 2. The minimum absolute atomic E-state index is 0.0214. The van der Waals surface area contributed by atoms with Crippen LogP contribution < -0.4 is 5.73 Å². The van der Waals surface area contributed by atoms with Crippen molar-refractivity contribution in [3.63, 3.8) is 0 Å². The third-order valence-electron chi connectivity index (χ3n) is 13.9. The summed E-state index contributed by atoms with van der Waals surface area (Å²) in [7, 11) is 1.59. The van der Waals surface area contributed by atoms with Crippen molar-refractivity contribution >= 4 is 11.7 Å². The van der Waals surface area contributed by atoms with E-state index in [0.717, 1.165) is 51.4 Å². The molecule has 1 unspecified atom stereocenters. The molecule has 0 aliphatic heterocycles. The fourth-order valence-corrected chi connectivity index (χ4v) is 11.1. The molecular weight excluding hydrogens is 472 g/mol. The van der Waals surface area contributed by atoms with Crippen molar-refractivity contribution in [3.05, 3.63) is 11.6 Å². The molecule has 0 heterocycles. The van der Waals surface area contributed by atoms with E-state index >= 15 is 0 Å². The average molecular weight is 527 g/mol.